The van der Waals surface area contributed by atoms with Gasteiger partial charge >= 0.3 is 0 Å². The lowest BCUT2D eigenvalue weighted by Crippen LogP contribution is -2.28. The highest BCUT2D eigenvalue weighted by Crippen LogP contribution is 2.33. The summed E-state index contributed by atoms with van der Waals surface area (Å²) < 4.78 is 0. The molecule has 1 aliphatic rings. The van der Waals surface area contributed by atoms with Crippen LogP contribution in [-0.2, 0) is 17.6 Å². The van der Waals surface area contributed by atoms with E-state index in [4.69, 9.17) is 11.6 Å². The molecule has 2 aromatic carbocycles. The van der Waals surface area contributed by atoms with E-state index in [1.165, 1.54) is 11.1 Å². The first-order chi connectivity index (χ1) is 12.2. The summed E-state index contributed by atoms with van der Waals surface area (Å²) in [6.07, 6.45) is 2.19. The first kappa shape index (κ1) is 16.3. The molecule has 0 radical (unpaired) electrons. The minimum Gasteiger partial charge on any atom is -0.349 e. The second kappa shape index (κ2) is 6.98. The standard InChI is InChI=1S/C20H17ClN2OS/c21-15-7-8-17-14(10-15)6-9-18(17)23-19(24)11-16-12-25-20(22-16)13-4-2-1-3-5-13/h1-5,7-8,10,12,18H,6,9,11H2,(H,23,24). The molecular weight excluding hydrogens is 352 g/mol. The Morgan fingerprint density at radius 1 is 1.24 bits per heavy atom. The Labute approximate surface area is 155 Å². The SMILES string of the molecule is O=C(Cc1csc(-c2ccccc2)n1)NC1CCc2cc(Cl)ccc21. The smallest absolute Gasteiger partial charge is 0.226 e. The van der Waals surface area contributed by atoms with Gasteiger partial charge in [-0.1, -0.05) is 48.0 Å². The summed E-state index contributed by atoms with van der Waals surface area (Å²) in [6.45, 7) is 0. The van der Waals surface area contributed by atoms with Gasteiger partial charge in [0.25, 0.3) is 0 Å². The number of aromatic nitrogens is 1. The quantitative estimate of drug-likeness (QED) is 0.718. The third-order valence-electron chi connectivity index (χ3n) is 4.43. The molecule has 3 aromatic rings. The van der Waals surface area contributed by atoms with Gasteiger partial charge in [0.05, 0.1) is 18.2 Å². The third-order valence-corrected chi connectivity index (χ3v) is 5.61. The topological polar surface area (TPSA) is 42.0 Å². The van der Waals surface area contributed by atoms with E-state index >= 15 is 0 Å². The number of thiazole rings is 1. The van der Waals surface area contributed by atoms with Crippen LogP contribution in [0.2, 0.25) is 5.02 Å². The molecule has 0 saturated carbocycles. The van der Waals surface area contributed by atoms with Crippen molar-refractivity contribution in [2.45, 2.75) is 25.3 Å². The van der Waals surface area contributed by atoms with Gasteiger partial charge in [-0.2, -0.15) is 0 Å². The number of amides is 1. The van der Waals surface area contributed by atoms with E-state index in [2.05, 4.69) is 10.3 Å². The van der Waals surface area contributed by atoms with Crippen LogP contribution >= 0.6 is 22.9 Å². The molecule has 1 atom stereocenters. The van der Waals surface area contributed by atoms with Crippen molar-refractivity contribution >= 4 is 28.8 Å². The van der Waals surface area contributed by atoms with Gasteiger partial charge in [0.2, 0.25) is 5.91 Å². The lowest BCUT2D eigenvalue weighted by Gasteiger charge is -2.13. The molecule has 1 amide bonds. The van der Waals surface area contributed by atoms with Crippen LogP contribution < -0.4 is 5.32 Å². The molecule has 1 N–H and O–H groups in total. The average molecular weight is 369 g/mol. The second-order valence-corrected chi connectivity index (χ2v) is 7.48. The molecule has 126 valence electrons. The van der Waals surface area contributed by atoms with Gasteiger partial charge in [-0.25, -0.2) is 4.98 Å². The fraction of sp³-hybridized carbons (Fsp3) is 0.200. The highest BCUT2D eigenvalue weighted by molar-refractivity contribution is 7.13. The lowest BCUT2D eigenvalue weighted by molar-refractivity contribution is -0.121. The van der Waals surface area contributed by atoms with Crippen LogP contribution in [0, 0.1) is 0 Å². The molecule has 5 heteroatoms. The maximum Gasteiger partial charge on any atom is 0.226 e. The molecule has 1 aliphatic carbocycles. The molecule has 0 bridgehead atoms. The van der Waals surface area contributed by atoms with E-state index < -0.39 is 0 Å². The molecule has 0 spiro atoms. The highest BCUT2D eigenvalue weighted by Gasteiger charge is 2.24. The number of rotatable bonds is 4. The number of fused-ring (bicyclic) bond motifs is 1. The summed E-state index contributed by atoms with van der Waals surface area (Å²) in [4.78, 5) is 17.0. The Balaban J connectivity index is 1.42. The second-order valence-electron chi connectivity index (χ2n) is 6.19. The van der Waals surface area contributed by atoms with Crippen LogP contribution in [0.15, 0.2) is 53.9 Å². The number of carbonyl (C=O) groups excluding carboxylic acids is 1. The predicted molar refractivity (Wildman–Crippen MR) is 102 cm³/mol. The zero-order valence-corrected chi connectivity index (χ0v) is 15.1. The zero-order valence-electron chi connectivity index (χ0n) is 13.5. The average Bonchev–Trinajstić information content (AvgIpc) is 3.23. The fourth-order valence-corrected chi connectivity index (χ4v) is 4.27. The molecular formula is C20H17ClN2OS. The summed E-state index contributed by atoms with van der Waals surface area (Å²) in [5.74, 6) is 0.0118. The van der Waals surface area contributed by atoms with Crippen molar-refractivity contribution < 1.29 is 4.79 Å². The van der Waals surface area contributed by atoms with E-state index in [0.717, 1.165) is 34.1 Å². The van der Waals surface area contributed by atoms with Crippen molar-refractivity contribution in [2.24, 2.45) is 0 Å². The molecule has 3 nitrogen and oxygen atoms in total. The first-order valence-corrected chi connectivity index (χ1v) is 9.52. The molecule has 1 aromatic heterocycles. The van der Waals surface area contributed by atoms with Crippen LogP contribution in [-0.4, -0.2) is 10.9 Å². The summed E-state index contributed by atoms with van der Waals surface area (Å²) in [5.41, 5.74) is 4.32. The van der Waals surface area contributed by atoms with Gasteiger partial charge in [0, 0.05) is 16.0 Å². The van der Waals surface area contributed by atoms with Gasteiger partial charge in [0.1, 0.15) is 5.01 Å². The van der Waals surface area contributed by atoms with Gasteiger partial charge in [-0.05, 0) is 36.1 Å². The van der Waals surface area contributed by atoms with Crippen LogP contribution in [0.3, 0.4) is 0 Å². The number of nitrogens with zero attached hydrogens (tertiary/aromatic N) is 1. The molecule has 1 heterocycles. The minimum absolute atomic E-state index is 0.0118. The maximum absolute atomic E-state index is 12.4. The number of halogens is 1. The Kier molecular flexibility index (Phi) is 4.55. The molecule has 1 unspecified atom stereocenters. The Morgan fingerprint density at radius 3 is 2.92 bits per heavy atom. The normalized spacial score (nSPS) is 15.8. The number of hydrogen-bond acceptors (Lipinski definition) is 3. The number of carbonyl (C=O) groups is 1. The highest BCUT2D eigenvalue weighted by atomic mass is 35.5. The van der Waals surface area contributed by atoms with Crippen LogP contribution in [0.25, 0.3) is 10.6 Å². The van der Waals surface area contributed by atoms with Crippen molar-refractivity contribution in [3.05, 3.63) is 75.8 Å². The van der Waals surface area contributed by atoms with Crippen LogP contribution in [0.1, 0.15) is 29.3 Å². The summed E-state index contributed by atoms with van der Waals surface area (Å²) in [6, 6.07) is 16.0. The van der Waals surface area contributed by atoms with E-state index in [0.29, 0.717) is 6.42 Å². The molecule has 0 aliphatic heterocycles. The fourth-order valence-electron chi connectivity index (χ4n) is 3.25. The molecule has 25 heavy (non-hydrogen) atoms. The maximum atomic E-state index is 12.4. The largest absolute Gasteiger partial charge is 0.349 e. The van der Waals surface area contributed by atoms with Gasteiger partial charge in [0.15, 0.2) is 0 Å². The number of benzene rings is 2. The predicted octanol–water partition coefficient (Wildman–Crippen LogP) is 4.81. The van der Waals surface area contributed by atoms with E-state index in [1.54, 1.807) is 11.3 Å². The first-order valence-electron chi connectivity index (χ1n) is 8.26. The summed E-state index contributed by atoms with van der Waals surface area (Å²) in [7, 11) is 0. The Bertz CT molecular complexity index is 907. The van der Waals surface area contributed by atoms with E-state index in [9.17, 15) is 4.79 Å². The van der Waals surface area contributed by atoms with Crippen molar-refractivity contribution in [3.8, 4) is 10.6 Å². The number of nitrogens with one attached hydrogen (secondary N) is 1. The van der Waals surface area contributed by atoms with Crippen molar-refractivity contribution in [2.75, 3.05) is 0 Å². The summed E-state index contributed by atoms with van der Waals surface area (Å²) in [5, 5.41) is 6.80. The molecule has 4 rings (SSSR count). The number of aryl methyl sites for hydroxylation is 1. The lowest BCUT2D eigenvalue weighted by atomic mass is 10.1. The minimum atomic E-state index is 0.0118. The van der Waals surface area contributed by atoms with Crippen LogP contribution in [0.5, 0.6) is 0 Å². The number of hydrogen-bond donors (Lipinski definition) is 1. The van der Waals surface area contributed by atoms with E-state index in [-0.39, 0.29) is 11.9 Å². The summed E-state index contributed by atoms with van der Waals surface area (Å²) >= 11 is 7.61. The Hall–Kier alpha value is -2.17. The van der Waals surface area contributed by atoms with Gasteiger partial charge < -0.3 is 5.32 Å². The zero-order chi connectivity index (χ0) is 17.2. The third kappa shape index (κ3) is 3.60. The molecule has 0 saturated heterocycles. The van der Waals surface area contributed by atoms with Crippen LogP contribution in [0.4, 0.5) is 0 Å². The van der Waals surface area contributed by atoms with Gasteiger partial charge in [-0.15, -0.1) is 11.3 Å². The molecule has 0 fully saturated rings. The van der Waals surface area contributed by atoms with Crippen molar-refractivity contribution in [1.29, 1.82) is 0 Å². The van der Waals surface area contributed by atoms with Crippen molar-refractivity contribution in [3.63, 3.8) is 0 Å². The van der Waals surface area contributed by atoms with Crippen molar-refractivity contribution in [1.82, 2.24) is 10.3 Å². The van der Waals surface area contributed by atoms with Gasteiger partial charge in [-0.3, -0.25) is 4.79 Å². The Morgan fingerprint density at radius 2 is 2.08 bits per heavy atom. The van der Waals surface area contributed by atoms with E-state index in [1.807, 2.05) is 53.9 Å². The monoisotopic (exact) mass is 368 g/mol.